The minimum atomic E-state index is 0.0461. The van der Waals surface area contributed by atoms with Gasteiger partial charge in [0.15, 0.2) is 5.69 Å². The van der Waals surface area contributed by atoms with Crippen molar-refractivity contribution in [3.05, 3.63) is 55.8 Å². The molecule has 0 radical (unpaired) electrons. The van der Waals surface area contributed by atoms with Gasteiger partial charge in [-0.25, -0.2) is 4.68 Å². The van der Waals surface area contributed by atoms with E-state index < -0.39 is 0 Å². The molecule has 0 bridgehead atoms. The lowest BCUT2D eigenvalue weighted by atomic mass is 9.94. The van der Waals surface area contributed by atoms with Gasteiger partial charge >= 0.3 is 0 Å². The van der Waals surface area contributed by atoms with Gasteiger partial charge in [0.25, 0.3) is 5.91 Å². The summed E-state index contributed by atoms with van der Waals surface area (Å²) >= 11 is 14.2. The number of carbonyl (C=O) groups is 1. The number of fused-ring (bicyclic) bond motifs is 3. The van der Waals surface area contributed by atoms with Crippen molar-refractivity contribution >= 4 is 40.4 Å². The zero-order valence-corrected chi connectivity index (χ0v) is 20.0. The van der Waals surface area contributed by atoms with E-state index in [0.717, 1.165) is 61.9 Å². The van der Waals surface area contributed by atoms with E-state index in [1.165, 1.54) is 29.8 Å². The topological polar surface area (TPSA) is 41.4 Å². The zero-order chi connectivity index (χ0) is 21.8. The van der Waals surface area contributed by atoms with Crippen LogP contribution in [0, 0.1) is 5.92 Å². The van der Waals surface area contributed by atoms with Gasteiger partial charge in [-0.15, -0.1) is 11.3 Å². The molecule has 1 saturated carbocycles. The van der Waals surface area contributed by atoms with E-state index in [1.54, 1.807) is 17.4 Å². The summed E-state index contributed by atoms with van der Waals surface area (Å²) in [5, 5.41) is 7.98. The number of benzene rings is 1. The Hall–Kier alpha value is -1.86. The van der Waals surface area contributed by atoms with Crippen LogP contribution >= 0.6 is 34.5 Å². The number of nitrogens with zero attached hydrogens (tertiary/aromatic N) is 4. The SMILES string of the molecule is O=C(c1nn(-c2ccc(Cl)c(Cl)c2)c2c1CCc1sccc1-2)N1CCN(CC2CC2)CC1. The number of piperazine rings is 1. The second-order valence-electron chi connectivity index (χ2n) is 8.98. The molecular formula is C24H24Cl2N4OS. The Bertz CT molecular complexity index is 1190. The Morgan fingerprint density at radius 3 is 2.62 bits per heavy atom. The average Bonchev–Trinajstić information content (AvgIpc) is 3.33. The monoisotopic (exact) mass is 486 g/mol. The van der Waals surface area contributed by atoms with E-state index >= 15 is 0 Å². The molecule has 3 aromatic rings. The summed E-state index contributed by atoms with van der Waals surface area (Å²) in [6.45, 7) is 4.62. The molecule has 32 heavy (non-hydrogen) atoms. The van der Waals surface area contributed by atoms with Gasteiger partial charge < -0.3 is 4.90 Å². The first-order valence-corrected chi connectivity index (χ1v) is 12.9. The van der Waals surface area contributed by atoms with Crippen LogP contribution in [0.2, 0.25) is 10.0 Å². The number of rotatable bonds is 4. The minimum absolute atomic E-state index is 0.0461. The molecule has 0 atom stereocenters. The number of hydrogen-bond donors (Lipinski definition) is 0. The van der Waals surface area contributed by atoms with Crippen molar-refractivity contribution in [3.63, 3.8) is 0 Å². The molecule has 2 aromatic heterocycles. The van der Waals surface area contributed by atoms with E-state index in [4.69, 9.17) is 28.3 Å². The van der Waals surface area contributed by atoms with Gasteiger partial charge in [-0.1, -0.05) is 23.2 Å². The number of aromatic nitrogens is 2. The molecule has 0 spiro atoms. The average molecular weight is 487 g/mol. The molecule has 1 saturated heterocycles. The maximum atomic E-state index is 13.6. The predicted molar refractivity (Wildman–Crippen MR) is 129 cm³/mol. The molecule has 5 nitrogen and oxygen atoms in total. The summed E-state index contributed by atoms with van der Waals surface area (Å²) in [4.78, 5) is 19.4. The van der Waals surface area contributed by atoms with Crippen LogP contribution in [0.5, 0.6) is 0 Å². The molecule has 3 aliphatic rings. The van der Waals surface area contributed by atoms with E-state index in [9.17, 15) is 4.79 Å². The van der Waals surface area contributed by atoms with Crippen molar-refractivity contribution in [2.45, 2.75) is 25.7 Å². The van der Waals surface area contributed by atoms with Crippen molar-refractivity contribution in [2.75, 3.05) is 32.7 Å². The largest absolute Gasteiger partial charge is 0.335 e. The number of halogens is 2. The molecule has 1 aliphatic heterocycles. The summed E-state index contributed by atoms with van der Waals surface area (Å²) in [7, 11) is 0. The first-order chi connectivity index (χ1) is 15.6. The second kappa shape index (κ2) is 8.17. The first kappa shape index (κ1) is 20.7. The number of carbonyl (C=O) groups excluding carboxylic acids is 1. The number of hydrogen-bond acceptors (Lipinski definition) is 4. The van der Waals surface area contributed by atoms with E-state index in [2.05, 4.69) is 16.3 Å². The summed E-state index contributed by atoms with van der Waals surface area (Å²) < 4.78 is 1.89. The van der Waals surface area contributed by atoms with Crippen LogP contribution in [0.3, 0.4) is 0 Å². The van der Waals surface area contributed by atoms with Gasteiger partial charge in [0, 0.05) is 48.7 Å². The minimum Gasteiger partial charge on any atom is -0.335 e. The van der Waals surface area contributed by atoms with Crippen LogP contribution in [0.25, 0.3) is 16.9 Å². The summed E-state index contributed by atoms with van der Waals surface area (Å²) in [5.41, 5.74) is 4.64. The molecule has 1 aromatic carbocycles. The highest BCUT2D eigenvalue weighted by Gasteiger charge is 2.33. The lowest BCUT2D eigenvalue weighted by Crippen LogP contribution is -2.49. The van der Waals surface area contributed by atoms with Crippen LogP contribution < -0.4 is 0 Å². The van der Waals surface area contributed by atoms with Gasteiger partial charge in [-0.2, -0.15) is 5.10 Å². The van der Waals surface area contributed by atoms with Crippen LogP contribution in [-0.4, -0.2) is 58.2 Å². The van der Waals surface area contributed by atoms with Crippen LogP contribution in [-0.2, 0) is 12.8 Å². The second-order valence-corrected chi connectivity index (χ2v) is 10.8. The van der Waals surface area contributed by atoms with Gasteiger partial charge in [-0.3, -0.25) is 9.69 Å². The highest BCUT2D eigenvalue weighted by molar-refractivity contribution is 7.10. The van der Waals surface area contributed by atoms with Gasteiger partial charge in [0.2, 0.25) is 0 Å². The van der Waals surface area contributed by atoms with Crippen molar-refractivity contribution in [1.82, 2.24) is 19.6 Å². The fraction of sp³-hybridized carbons (Fsp3) is 0.417. The molecule has 0 N–H and O–H groups in total. The van der Waals surface area contributed by atoms with Crippen molar-refractivity contribution in [1.29, 1.82) is 0 Å². The smallest absolute Gasteiger partial charge is 0.274 e. The van der Waals surface area contributed by atoms with Crippen LogP contribution in [0.1, 0.15) is 33.8 Å². The summed E-state index contributed by atoms with van der Waals surface area (Å²) in [5.74, 6) is 0.927. The Kier molecular flexibility index (Phi) is 5.29. The molecule has 1 amide bonds. The standard InChI is InChI=1S/C24H24Cl2N4OS/c25-19-5-3-16(13-20(19)26)30-23-17-7-12-32-21(17)6-4-18(23)22(27-30)24(31)29-10-8-28(9-11-29)14-15-1-2-15/h3,5,7,12-13,15H,1-2,4,6,8-11,14H2. The third kappa shape index (κ3) is 3.67. The molecule has 6 rings (SSSR count). The van der Waals surface area contributed by atoms with E-state index in [-0.39, 0.29) is 5.91 Å². The van der Waals surface area contributed by atoms with Gasteiger partial charge in [-0.05, 0) is 61.2 Å². The number of amides is 1. The van der Waals surface area contributed by atoms with E-state index in [1.807, 2.05) is 21.7 Å². The Labute approximate surface area is 201 Å². The molecule has 2 fully saturated rings. The number of thiophene rings is 1. The van der Waals surface area contributed by atoms with Crippen molar-refractivity contribution < 1.29 is 4.79 Å². The highest BCUT2D eigenvalue weighted by atomic mass is 35.5. The lowest BCUT2D eigenvalue weighted by molar-refractivity contribution is 0.0624. The van der Waals surface area contributed by atoms with E-state index in [0.29, 0.717) is 15.7 Å². The van der Waals surface area contributed by atoms with Crippen LogP contribution in [0.15, 0.2) is 29.6 Å². The predicted octanol–water partition coefficient (Wildman–Crippen LogP) is 5.17. The molecular weight excluding hydrogens is 463 g/mol. The quantitative estimate of drug-likeness (QED) is 0.510. The summed E-state index contributed by atoms with van der Waals surface area (Å²) in [6.07, 6.45) is 4.50. The normalized spacial score (nSPS) is 18.5. The Balaban J connectivity index is 1.36. The maximum absolute atomic E-state index is 13.6. The van der Waals surface area contributed by atoms with Crippen LogP contribution in [0.4, 0.5) is 0 Å². The maximum Gasteiger partial charge on any atom is 0.274 e. The fourth-order valence-electron chi connectivity index (χ4n) is 4.87. The Morgan fingerprint density at radius 2 is 1.88 bits per heavy atom. The van der Waals surface area contributed by atoms with Gasteiger partial charge in [0.1, 0.15) is 0 Å². The van der Waals surface area contributed by atoms with Crippen molar-refractivity contribution in [2.24, 2.45) is 5.92 Å². The molecule has 3 heterocycles. The first-order valence-electron chi connectivity index (χ1n) is 11.2. The summed E-state index contributed by atoms with van der Waals surface area (Å²) in [6, 6.07) is 7.65. The third-order valence-corrected chi connectivity index (χ3v) is 8.53. The lowest BCUT2D eigenvalue weighted by Gasteiger charge is -2.34. The van der Waals surface area contributed by atoms with Crippen molar-refractivity contribution in [3.8, 4) is 16.9 Å². The third-order valence-electron chi connectivity index (χ3n) is 6.81. The molecule has 166 valence electrons. The van der Waals surface area contributed by atoms with Gasteiger partial charge in [0.05, 0.1) is 21.4 Å². The molecule has 2 aliphatic carbocycles. The number of aryl methyl sites for hydroxylation is 1. The molecule has 8 heteroatoms. The zero-order valence-electron chi connectivity index (χ0n) is 17.7. The fourth-order valence-corrected chi connectivity index (χ4v) is 6.04. The Morgan fingerprint density at radius 1 is 1.06 bits per heavy atom. The molecule has 0 unspecified atom stereocenters. The highest BCUT2D eigenvalue weighted by Crippen LogP contribution is 2.40.